The van der Waals surface area contributed by atoms with E-state index in [1.165, 1.54) is 11.1 Å². The van der Waals surface area contributed by atoms with E-state index in [4.69, 9.17) is 11.2 Å². The summed E-state index contributed by atoms with van der Waals surface area (Å²) in [4.78, 5) is 0. The maximum absolute atomic E-state index is 5.87. The van der Waals surface area contributed by atoms with Gasteiger partial charge in [-0.2, -0.15) is 0 Å². The van der Waals surface area contributed by atoms with Crippen LogP contribution < -0.4 is 0 Å². The Kier molecular flexibility index (Phi) is 2.89. The van der Waals surface area contributed by atoms with Crippen LogP contribution in [0.5, 0.6) is 0 Å². The molecule has 0 aromatic heterocycles. The summed E-state index contributed by atoms with van der Waals surface area (Å²) in [7, 11) is 1.69. The Morgan fingerprint density at radius 1 is 0.947 bits per heavy atom. The highest BCUT2D eigenvalue weighted by molar-refractivity contribution is 5.52. The van der Waals surface area contributed by atoms with Gasteiger partial charge in [-0.05, 0) is 24.0 Å². The standard InChI is InChI=1S/C18H16O/c1-3-18(19-2)16-10-6-4-8-14(16)12-13-15-9-5-7-11-17(15)18/h1,4-11H,12-13H2,2H3. The summed E-state index contributed by atoms with van der Waals surface area (Å²) in [5.41, 5.74) is 4.00. The Labute approximate surface area is 114 Å². The smallest absolute Gasteiger partial charge is 0.179 e. The third-order valence-corrected chi connectivity index (χ3v) is 3.97. The van der Waals surface area contributed by atoms with E-state index in [0.717, 1.165) is 24.0 Å². The average Bonchev–Trinajstić information content (AvgIpc) is 2.62. The van der Waals surface area contributed by atoms with Crippen LogP contribution in [0.1, 0.15) is 22.3 Å². The fourth-order valence-electron chi connectivity index (χ4n) is 3.01. The number of terminal acetylenes is 1. The Hall–Kier alpha value is -2.04. The van der Waals surface area contributed by atoms with Gasteiger partial charge in [-0.3, -0.25) is 0 Å². The van der Waals surface area contributed by atoms with E-state index in [1.807, 2.05) is 12.1 Å². The molecule has 2 aromatic carbocycles. The van der Waals surface area contributed by atoms with Crippen LogP contribution in [0.25, 0.3) is 0 Å². The molecule has 0 aliphatic heterocycles. The zero-order chi connectivity index (χ0) is 13.3. The van der Waals surface area contributed by atoms with Crippen molar-refractivity contribution in [2.24, 2.45) is 0 Å². The minimum absolute atomic E-state index is 0.760. The first-order valence-electron chi connectivity index (χ1n) is 6.51. The van der Waals surface area contributed by atoms with Crippen molar-refractivity contribution in [2.75, 3.05) is 7.11 Å². The van der Waals surface area contributed by atoms with Crippen molar-refractivity contribution in [3.8, 4) is 12.3 Å². The molecular formula is C18H16O. The van der Waals surface area contributed by atoms with E-state index in [2.05, 4.69) is 42.3 Å². The zero-order valence-corrected chi connectivity index (χ0v) is 11.0. The van der Waals surface area contributed by atoms with E-state index in [9.17, 15) is 0 Å². The summed E-state index contributed by atoms with van der Waals surface area (Å²) in [6.07, 6.45) is 7.87. The van der Waals surface area contributed by atoms with E-state index in [0.29, 0.717) is 0 Å². The van der Waals surface area contributed by atoms with Crippen molar-refractivity contribution in [2.45, 2.75) is 18.4 Å². The molecule has 0 unspecified atom stereocenters. The molecule has 0 amide bonds. The molecule has 2 aromatic rings. The maximum Gasteiger partial charge on any atom is 0.179 e. The topological polar surface area (TPSA) is 9.23 Å². The first kappa shape index (κ1) is 12.0. The number of ether oxygens (including phenoxy) is 1. The molecule has 1 nitrogen and oxygen atoms in total. The monoisotopic (exact) mass is 248 g/mol. The molecule has 0 saturated carbocycles. The predicted octanol–water partition coefficient (Wildman–Crippen LogP) is 3.31. The summed E-state index contributed by atoms with van der Waals surface area (Å²) in [6.45, 7) is 0. The molecule has 0 heterocycles. The number of benzene rings is 2. The van der Waals surface area contributed by atoms with Gasteiger partial charge >= 0.3 is 0 Å². The number of fused-ring (bicyclic) bond motifs is 2. The normalized spacial score (nSPS) is 15.8. The fraction of sp³-hybridized carbons (Fsp3) is 0.222. The summed E-state index contributed by atoms with van der Waals surface area (Å²) in [5, 5.41) is 0. The zero-order valence-electron chi connectivity index (χ0n) is 11.0. The maximum atomic E-state index is 5.87. The molecule has 0 saturated heterocycles. The van der Waals surface area contributed by atoms with Crippen LogP contribution in [0.15, 0.2) is 48.5 Å². The van der Waals surface area contributed by atoms with Gasteiger partial charge in [0.1, 0.15) is 0 Å². The lowest BCUT2D eigenvalue weighted by Gasteiger charge is -2.29. The quantitative estimate of drug-likeness (QED) is 0.704. The Bertz CT molecular complexity index is 601. The number of aryl methyl sites for hydroxylation is 2. The van der Waals surface area contributed by atoms with Crippen LogP contribution in [0.4, 0.5) is 0 Å². The van der Waals surface area contributed by atoms with Gasteiger partial charge in [-0.15, -0.1) is 6.42 Å². The van der Waals surface area contributed by atoms with Gasteiger partial charge in [0.15, 0.2) is 5.60 Å². The minimum atomic E-state index is -0.760. The predicted molar refractivity (Wildman–Crippen MR) is 76.9 cm³/mol. The van der Waals surface area contributed by atoms with Gasteiger partial charge in [-0.25, -0.2) is 0 Å². The molecular weight excluding hydrogens is 232 g/mol. The summed E-state index contributed by atoms with van der Waals surface area (Å²) < 4.78 is 5.82. The van der Waals surface area contributed by atoms with Crippen LogP contribution in [0, 0.1) is 12.3 Å². The Balaban J connectivity index is 2.35. The Morgan fingerprint density at radius 2 is 1.42 bits per heavy atom. The second kappa shape index (κ2) is 4.57. The van der Waals surface area contributed by atoms with Crippen molar-refractivity contribution >= 4 is 0 Å². The molecule has 0 fully saturated rings. The van der Waals surface area contributed by atoms with Crippen molar-refractivity contribution < 1.29 is 4.74 Å². The molecule has 19 heavy (non-hydrogen) atoms. The van der Waals surface area contributed by atoms with E-state index < -0.39 is 5.60 Å². The van der Waals surface area contributed by atoms with Crippen LogP contribution in [0.3, 0.4) is 0 Å². The van der Waals surface area contributed by atoms with Crippen LogP contribution >= 0.6 is 0 Å². The highest BCUT2D eigenvalue weighted by Gasteiger charge is 2.37. The van der Waals surface area contributed by atoms with Gasteiger partial charge in [0.2, 0.25) is 0 Å². The van der Waals surface area contributed by atoms with E-state index >= 15 is 0 Å². The number of hydrogen-bond donors (Lipinski definition) is 0. The molecule has 0 atom stereocenters. The SMILES string of the molecule is C#CC1(OC)c2ccccc2CCc2ccccc21. The molecule has 0 N–H and O–H groups in total. The molecule has 0 radical (unpaired) electrons. The molecule has 0 spiro atoms. The van der Waals surface area contributed by atoms with Gasteiger partial charge in [0.05, 0.1) is 0 Å². The van der Waals surface area contributed by atoms with E-state index in [-0.39, 0.29) is 0 Å². The minimum Gasteiger partial charge on any atom is -0.357 e. The lowest BCUT2D eigenvalue weighted by molar-refractivity contribution is 0.0739. The van der Waals surface area contributed by atoms with Crippen molar-refractivity contribution in [3.63, 3.8) is 0 Å². The van der Waals surface area contributed by atoms with Gasteiger partial charge in [-0.1, -0.05) is 54.5 Å². The van der Waals surface area contributed by atoms with Gasteiger partial charge < -0.3 is 4.74 Å². The third kappa shape index (κ3) is 1.69. The van der Waals surface area contributed by atoms with Crippen LogP contribution in [-0.4, -0.2) is 7.11 Å². The molecule has 1 heteroatoms. The average molecular weight is 248 g/mol. The first-order valence-corrected chi connectivity index (χ1v) is 6.51. The fourth-order valence-corrected chi connectivity index (χ4v) is 3.01. The molecule has 1 aliphatic carbocycles. The summed E-state index contributed by atoms with van der Waals surface area (Å²) in [6, 6.07) is 16.6. The second-order valence-electron chi connectivity index (χ2n) is 4.84. The van der Waals surface area contributed by atoms with Gasteiger partial charge in [0, 0.05) is 18.2 Å². The molecule has 3 rings (SSSR count). The van der Waals surface area contributed by atoms with Gasteiger partial charge in [0.25, 0.3) is 0 Å². The third-order valence-electron chi connectivity index (χ3n) is 3.97. The van der Waals surface area contributed by atoms with E-state index in [1.54, 1.807) is 7.11 Å². The lowest BCUT2D eigenvalue weighted by Crippen LogP contribution is -2.29. The van der Waals surface area contributed by atoms with Crippen molar-refractivity contribution in [1.29, 1.82) is 0 Å². The molecule has 1 aliphatic rings. The number of hydrogen-bond acceptors (Lipinski definition) is 1. The largest absolute Gasteiger partial charge is 0.357 e. The number of methoxy groups -OCH3 is 1. The van der Waals surface area contributed by atoms with Crippen molar-refractivity contribution in [1.82, 2.24) is 0 Å². The van der Waals surface area contributed by atoms with Crippen LogP contribution in [-0.2, 0) is 23.2 Å². The number of rotatable bonds is 1. The summed E-state index contributed by atoms with van der Waals surface area (Å²) >= 11 is 0. The second-order valence-corrected chi connectivity index (χ2v) is 4.84. The van der Waals surface area contributed by atoms with Crippen LogP contribution in [0.2, 0.25) is 0 Å². The molecule has 94 valence electrons. The first-order chi connectivity index (χ1) is 9.31. The Morgan fingerprint density at radius 3 is 1.84 bits per heavy atom. The highest BCUT2D eigenvalue weighted by atomic mass is 16.5. The summed E-state index contributed by atoms with van der Waals surface area (Å²) in [5.74, 6) is 2.90. The highest BCUT2D eigenvalue weighted by Crippen LogP contribution is 2.39. The lowest BCUT2D eigenvalue weighted by atomic mass is 9.84. The van der Waals surface area contributed by atoms with Crippen molar-refractivity contribution in [3.05, 3.63) is 70.8 Å². The molecule has 0 bridgehead atoms.